The number of rotatable bonds is 4. The number of hydrogen-bond acceptors (Lipinski definition) is 4. The maximum Gasteiger partial charge on any atom is 0.153 e. The predicted molar refractivity (Wildman–Crippen MR) is 94.0 cm³/mol. The maximum absolute atomic E-state index is 9.27. The van der Waals surface area contributed by atoms with Crippen molar-refractivity contribution in [1.82, 2.24) is 19.1 Å². The first-order valence-electron chi connectivity index (χ1n) is 8.64. The Morgan fingerprint density at radius 2 is 2.12 bits per heavy atom. The lowest BCUT2D eigenvalue weighted by atomic mass is 10.2. The molecule has 0 bridgehead atoms. The van der Waals surface area contributed by atoms with Gasteiger partial charge in [-0.3, -0.25) is 4.90 Å². The van der Waals surface area contributed by atoms with Crippen molar-refractivity contribution in [3.63, 3.8) is 0 Å². The molecule has 2 aromatic heterocycles. The van der Waals surface area contributed by atoms with Gasteiger partial charge < -0.3 is 9.30 Å². The highest BCUT2D eigenvalue weighted by molar-refractivity contribution is 5.55. The van der Waals surface area contributed by atoms with Crippen molar-refractivity contribution in [3.8, 4) is 6.07 Å². The molecule has 0 amide bonds. The zero-order chi connectivity index (χ0) is 17.1. The Morgan fingerprint density at radius 1 is 1.24 bits per heavy atom. The smallest absolute Gasteiger partial charge is 0.153 e. The SMILES string of the molecule is N#Cc1cnn2ccn(CC3CN(Cc4ccccc4)CCCO3)c12. The van der Waals surface area contributed by atoms with Crippen LogP contribution in [-0.2, 0) is 17.8 Å². The monoisotopic (exact) mass is 335 g/mol. The summed E-state index contributed by atoms with van der Waals surface area (Å²) in [6.45, 7) is 4.37. The normalized spacial score (nSPS) is 18.9. The summed E-state index contributed by atoms with van der Waals surface area (Å²) >= 11 is 0. The third-order valence-corrected chi connectivity index (χ3v) is 4.63. The van der Waals surface area contributed by atoms with Gasteiger partial charge in [0, 0.05) is 38.6 Å². The summed E-state index contributed by atoms with van der Waals surface area (Å²) in [5.41, 5.74) is 2.76. The number of nitriles is 1. The average Bonchev–Trinajstić information content (AvgIpc) is 3.14. The van der Waals surface area contributed by atoms with E-state index in [1.54, 1.807) is 10.7 Å². The third kappa shape index (κ3) is 3.43. The summed E-state index contributed by atoms with van der Waals surface area (Å²) < 4.78 is 9.89. The van der Waals surface area contributed by atoms with Crippen molar-refractivity contribution in [2.45, 2.75) is 25.6 Å². The largest absolute Gasteiger partial charge is 0.375 e. The van der Waals surface area contributed by atoms with Gasteiger partial charge in [-0.15, -0.1) is 0 Å². The van der Waals surface area contributed by atoms with Crippen LogP contribution in [0.15, 0.2) is 48.9 Å². The van der Waals surface area contributed by atoms with E-state index >= 15 is 0 Å². The third-order valence-electron chi connectivity index (χ3n) is 4.63. The van der Waals surface area contributed by atoms with Crippen LogP contribution < -0.4 is 0 Å². The molecule has 3 aromatic rings. The van der Waals surface area contributed by atoms with Gasteiger partial charge in [0.2, 0.25) is 0 Å². The Hall–Kier alpha value is -2.62. The summed E-state index contributed by atoms with van der Waals surface area (Å²) in [7, 11) is 0. The van der Waals surface area contributed by atoms with Crippen molar-refractivity contribution in [2.24, 2.45) is 0 Å². The molecule has 4 rings (SSSR count). The van der Waals surface area contributed by atoms with Crippen LogP contribution >= 0.6 is 0 Å². The summed E-state index contributed by atoms with van der Waals surface area (Å²) in [5.74, 6) is 0. The van der Waals surface area contributed by atoms with Crippen LogP contribution in [0.5, 0.6) is 0 Å². The quantitative estimate of drug-likeness (QED) is 0.734. The molecule has 6 heteroatoms. The molecule has 0 radical (unpaired) electrons. The van der Waals surface area contributed by atoms with Gasteiger partial charge in [0.25, 0.3) is 0 Å². The van der Waals surface area contributed by atoms with E-state index in [1.165, 1.54) is 5.56 Å². The molecule has 1 aliphatic heterocycles. The number of imidazole rings is 1. The molecule has 1 aromatic carbocycles. The summed E-state index contributed by atoms with van der Waals surface area (Å²) in [6, 6.07) is 12.8. The molecule has 0 saturated carbocycles. The van der Waals surface area contributed by atoms with Gasteiger partial charge in [0.05, 0.1) is 18.8 Å². The van der Waals surface area contributed by atoms with Gasteiger partial charge >= 0.3 is 0 Å². The van der Waals surface area contributed by atoms with E-state index in [-0.39, 0.29) is 6.10 Å². The van der Waals surface area contributed by atoms with Crippen molar-refractivity contribution < 1.29 is 4.74 Å². The van der Waals surface area contributed by atoms with Gasteiger partial charge in [-0.2, -0.15) is 10.4 Å². The molecule has 0 aliphatic carbocycles. The molecule has 1 saturated heterocycles. The van der Waals surface area contributed by atoms with E-state index in [9.17, 15) is 5.26 Å². The minimum Gasteiger partial charge on any atom is -0.375 e. The molecule has 0 N–H and O–H groups in total. The number of hydrogen-bond donors (Lipinski definition) is 0. The van der Waals surface area contributed by atoms with Crippen LogP contribution in [0.3, 0.4) is 0 Å². The van der Waals surface area contributed by atoms with Gasteiger partial charge in [0.1, 0.15) is 11.6 Å². The number of benzene rings is 1. The first-order valence-corrected chi connectivity index (χ1v) is 8.64. The Morgan fingerprint density at radius 3 is 2.96 bits per heavy atom. The Labute approximate surface area is 146 Å². The first kappa shape index (κ1) is 15.9. The Balaban J connectivity index is 1.49. The second kappa shape index (κ2) is 7.09. The highest BCUT2D eigenvalue weighted by Gasteiger charge is 2.21. The minimum absolute atomic E-state index is 0.101. The molecule has 6 nitrogen and oxygen atoms in total. The lowest BCUT2D eigenvalue weighted by Crippen LogP contribution is -2.33. The topological polar surface area (TPSA) is 58.5 Å². The van der Waals surface area contributed by atoms with Crippen molar-refractivity contribution in [2.75, 3.05) is 19.7 Å². The average molecular weight is 335 g/mol. The molecule has 1 unspecified atom stereocenters. The lowest BCUT2D eigenvalue weighted by Gasteiger charge is -2.24. The maximum atomic E-state index is 9.27. The first-order chi connectivity index (χ1) is 12.3. The van der Waals surface area contributed by atoms with Crippen molar-refractivity contribution in [1.29, 1.82) is 5.26 Å². The molecule has 1 aliphatic rings. The fourth-order valence-corrected chi connectivity index (χ4v) is 3.48. The summed E-state index contributed by atoms with van der Waals surface area (Å²) in [5, 5.41) is 13.5. The van der Waals surface area contributed by atoms with E-state index in [1.807, 2.05) is 18.5 Å². The minimum atomic E-state index is 0.101. The fraction of sp³-hybridized carbons (Fsp3) is 0.368. The zero-order valence-electron chi connectivity index (χ0n) is 14.1. The van der Waals surface area contributed by atoms with E-state index in [0.29, 0.717) is 5.56 Å². The van der Waals surface area contributed by atoms with Crippen molar-refractivity contribution in [3.05, 3.63) is 60.0 Å². The van der Waals surface area contributed by atoms with Crippen LogP contribution in [0.4, 0.5) is 0 Å². The molecule has 1 fully saturated rings. The second-order valence-electron chi connectivity index (χ2n) is 6.46. The highest BCUT2D eigenvalue weighted by Crippen LogP contribution is 2.16. The molecule has 0 spiro atoms. The van der Waals surface area contributed by atoms with Gasteiger partial charge in [-0.05, 0) is 12.0 Å². The summed E-state index contributed by atoms with van der Waals surface area (Å²) in [6.07, 6.45) is 6.61. The van der Waals surface area contributed by atoms with Gasteiger partial charge in [0.15, 0.2) is 5.65 Å². The fourth-order valence-electron chi connectivity index (χ4n) is 3.48. The van der Waals surface area contributed by atoms with Crippen LogP contribution in [0.25, 0.3) is 5.65 Å². The summed E-state index contributed by atoms with van der Waals surface area (Å²) in [4.78, 5) is 2.45. The van der Waals surface area contributed by atoms with Crippen LogP contribution in [0, 0.1) is 11.3 Å². The van der Waals surface area contributed by atoms with Crippen molar-refractivity contribution >= 4 is 5.65 Å². The van der Waals surface area contributed by atoms with Gasteiger partial charge in [-0.1, -0.05) is 30.3 Å². The molecule has 25 heavy (non-hydrogen) atoms. The number of fused-ring (bicyclic) bond motifs is 1. The van der Waals surface area contributed by atoms with Crippen LogP contribution in [0.1, 0.15) is 17.5 Å². The molecule has 3 heterocycles. The molecular formula is C19H21N5O. The Kier molecular flexibility index (Phi) is 4.51. The van der Waals surface area contributed by atoms with Crippen LogP contribution in [0.2, 0.25) is 0 Å². The van der Waals surface area contributed by atoms with E-state index in [4.69, 9.17) is 4.74 Å². The number of nitrogens with zero attached hydrogens (tertiary/aromatic N) is 5. The molecule has 128 valence electrons. The number of aromatic nitrogens is 3. The van der Waals surface area contributed by atoms with E-state index in [0.717, 1.165) is 44.9 Å². The van der Waals surface area contributed by atoms with E-state index < -0.39 is 0 Å². The second-order valence-corrected chi connectivity index (χ2v) is 6.46. The highest BCUT2D eigenvalue weighted by atomic mass is 16.5. The molecular weight excluding hydrogens is 314 g/mol. The predicted octanol–water partition coefficient (Wildman–Crippen LogP) is 2.30. The molecule has 1 atom stereocenters. The zero-order valence-corrected chi connectivity index (χ0v) is 14.1. The lowest BCUT2D eigenvalue weighted by molar-refractivity contribution is 0.0422. The van der Waals surface area contributed by atoms with Crippen LogP contribution in [-0.4, -0.2) is 44.9 Å². The standard InChI is InChI=1S/C19H21N5O/c20-11-17-12-21-24-9-8-23(19(17)24)15-18-14-22(7-4-10-25-18)13-16-5-2-1-3-6-16/h1-3,5-6,8-9,12,18H,4,7,10,13-15H2. The number of ether oxygens (including phenoxy) is 1. The van der Waals surface area contributed by atoms with E-state index in [2.05, 4.69) is 44.9 Å². The Bertz CT molecular complexity index is 876. The van der Waals surface area contributed by atoms with Gasteiger partial charge in [-0.25, -0.2) is 4.52 Å².